The van der Waals surface area contributed by atoms with Gasteiger partial charge in [0.25, 0.3) is 5.91 Å². The maximum absolute atomic E-state index is 12.1. The lowest BCUT2D eigenvalue weighted by Crippen LogP contribution is -2.48. The first-order valence-corrected chi connectivity index (χ1v) is 9.00. The van der Waals surface area contributed by atoms with Crippen molar-refractivity contribution >= 4 is 41.8 Å². The van der Waals surface area contributed by atoms with Gasteiger partial charge in [-0.2, -0.15) is 0 Å². The fourth-order valence-corrected chi connectivity index (χ4v) is 2.31. The first kappa shape index (κ1) is 26.0. The molecule has 8 nitrogen and oxygen atoms in total. The molecule has 0 bridgehead atoms. The van der Waals surface area contributed by atoms with E-state index < -0.39 is 0 Å². The number of phenolic OH excluding ortho intramolecular Hbond substituents is 1. The first-order chi connectivity index (χ1) is 12.6. The predicted octanol–water partition coefficient (Wildman–Crippen LogP) is 1.55. The number of carbonyl (C=O) groups excluding carboxylic acids is 2. The number of aromatic hydroxyl groups is 1. The Morgan fingerprint density at radius 1 is 1.18 bits per heavy atom. The van der Waals surface area contributed by atoms with Crippen molar-refractivity contribution in [2.75, 3.05) is 33.2 Å². The molecule has 0 radical (unpaired) electrons. The third-order valence-electron chi connectivity index (χ3n) is 3.40. The highest BCUT2D eigenvalue weighted by Crippen LogP contribution is 2.14. The van der Waals surface area contributed by atoms with Crippen LogP contribution in [0.3, 0.4) is 0 Å². The summed E-state index contributed by atoms with van der Waals surface area (Å²) in [6.45, 7) is 9.21. The predicted molar refractivity (Wildman–Crippen MR) is 122 cm³/mol. The van der Waals surface area contributed by atoms with Crippen molar-refractivity contribution in [1.82, 2.24) is 20.9 Å². The minimum absolute atomic E-state index is 0. The van der Waals surface area contributed by atoms with E-state index in [1.165, 1.54) is 6.07 Å². The number of hydrogen-bond donors (Lipinski definition) is 4. The number of halogens is 1. The molecule has 1 rings (SSSR count). The summed E-state index contributed by atoms with van der Waals surface area (Å²) in [5, 5.41) is 18.4. The lowest BCUT2D eigenvalue weighted by molar-refractivity contribution is -0.122. The third-order valence-corrected chi connectivity index (χ3v) is 3.40. The van der Waals surface area contributed by atoms with Gasteiger partial charge in [-0.25, -0.2) is 0 Å². The molecule has 1 aromatic rings. The van der Waals surface area contributed by atoms with Gasteiger partial charge in [-0.15, -0.1) is 24.0 Å². The number of likely N-dealkylation sites (N-methyl/N-ethyl adjacent to an activating group) is 1. The van der Waals surface area contributed by atoms with Crippen LogP contribution in [0.25, 0.3) is 0 Å². The van der Waals surface area contributed by atoms with Crippen LogP contribution in [0.4, 0.5) is 0 Å². The number of aliphatic imine (C=N–C) groups is 1. The molecule has 0 atom stereocenters. The van der Waals surface area contributed by atoms with E-state index in [1.807, 2.05) is 27.7 Å². The van der Waals surface area contributed by atoms with Crippen molar-refractivity contribution in [2.45, 2.75) is 33.2 Å². The second-order valence-corrected chi connectivity index (χ2v) is 7.16. The number of rotatable bonds is 7. The monoisotopic (exact) mass is 505 g/mol. The number of benzene rings is 1. The zero-order valence-electron chi connectivity index (χ0n) is 17.2. The Kier molecular flexibility index (Phi) is 11.5. The second kappa shape index (κ2) is 12.4. The lowest BCUT2D eigenvalue weighted by Gasteiger charge is -2.25. The Balaban J connectivity index is 0.00000729. The molecule has 0 aliphatic heterocycles. The van der Waals surface area contributed by atoms with Gasteiger partial charge >= 0.3 is 0 Å². The fraction of sp³-hybridized carbons (Fsp3) is 0.526. The Hall–Kier alpha value is -2.04. The Labute approximate surface area is 184 Å². The summed E-state index contributed by atoms with van der Waals surface area (Å²) in [7, 11) is 1.78. The summed E-state index contributed by atoms with van der Waals surface area (Å²) in [5.74, 6) is 0.0736. The summed E-state index contributed by atoms with van der Waals surface area (Å²) >= 11 is 0. The average Bonchev–Trinajstić information content (AvgIpc) is 2.55. The molecule has 28 heavy (non-hydrogen) atoms. The molecule has 0 heterocycles. The maximum atomic E-state index is 12.1. The molecule has 0 saturated carbocycles. The molecule has 0 unspecified atom stereocenters. The van der Waals surface area contributed by atoms with Crippen molar-refractivity contribution in [3.05, 3.63) is 29.8 Å². The molecule has 4 N–H and O–H groups in total. The number of phenols is 1. The Morgan fingerprint density at radius 3 is 2.39 bits per heavy atom. The number of amides is 2. The molecule has 0 aliphatic rings. The summed E-state index contributed by atoms with van der Waals surface area (Å²) in [5.41, 5.74) is -0.0647. The molecular weight excluding hydrogens is 473 g/mol. The summed E-state index contributed by atoms with van der Waals surface area (Å²) in [6, 6.07) is 6.37. The minimum atomic E-state index is -0.355. The highest BCUT2D eigenvalue weighted by Gasteiger charge is 2.16. The summed E-state index contributed by atoms with van der Waals surface area (Å²) < 4.78 is 0. The summed E-state index contributed by atoms with van der Waals surface area (Å²) in [6.07, 6.45) is 0. The molecule has 0 fully saturated rings. The molecule has 0 aromatic heterocycles. The van der Waals surface area contributed by atoms with Crippen molar-refractivity contribution in [1.29, 1.82) is 0 Å². The molecule has 1 aromatic carbocycles. The number of carbonyl (C=O) groups is 2. The van der Waals surface area contributed by atoms with Gasteiger partial charge in [0.05, 0.1) is 18.7 Å². The average molecular weight is 505 g/mol. The smallest absolute Gasteiger partial charge is 0.255 e. The van der Waals surface area contributed by atoms with Crippen LogP contribution in [0.15, 0.2) is 29.3 Å². The maximum Gasteiger partial charge on any atom is 0.255 e. The van der Waals surface area contributed by atoms with Crippen LogP contribution in [0.5, 0.6) is 5.75 Å². The molecule has 2 amide bonds. The number of para-hydroxylation sites is 1. The first-order valence-electron chi connectivity index (χ1n) is 9.00. The second-order valence-electron chi connectivity index (χ2n) is 7.16. The van der Waals surface area contributed by atoms with Crippen molar-refractivity contribution < 1.29 is 14.7 Å². The van der Waals surface area contributed by atoms with Gasteiger partial charge in [0.2, 0.25) is 5.91 Å². The molecule has 0 saturated heterocycles. The van der Waals surface area contributed by atoms with Gasteiger partial charge in [-0.05, 0) is 39.8 Å². The quantitative estimate of drug-likeness (QED) is 0.195. The normalized spacial score (nSPS) is 11.2. The van der Waals surface area contributed by atoms with Crippen molar-refractivity contribution in [2.24, 2.45) is 4.99 Å². The topological polar surface area (TPSA) is 106 Å². The van der Waals surface area contributed by atoms with Crippen molar-refractivity contribution in [3.8, 4) is 5.75 Å². The number of hydrogen-bond acceptors (Lipinski definition) is 4. The minimum Gasteiger partial charge on any atom is -0.507 e. The number of nitrogens with zero attached hydrogens (tertiary/aromatic N) is 2. The van der Waals surface area contributed by atoms with Gasteiger partial charge in [0.1, 0.15) is 5.75 Å². The van der Waals surface area contributed by atoms with E-state index in [4.69, 9.17) is 0 Å². The van der Waals surface area contributed by atoms with E-state index in [-0.39, 0.29) is 59.2 Å². The van der Waals surface area contributed by atoms with Crippen LogP contribution in [0, 0.1) is 0 Å². The molecule has 158 valence electrons. The molecule has 9 heteroatoms. The Bertz CT molecular complexity index is 674. The fourth-order valence-electron chi connectivity index (χ4n) is 2.31. The van der Waals surface area contributed by atoms with Gasteiger partial charge in [-0.3, -0.25) is 14.6 Å². The summed E-state index contributed by atoms with van der Waals surface area (Å²) in [4.78, 5) is 30.3. The zero-order chi connectivity index (χ0) is 20.4. The molecule has 0 aliphatic carbocycles. The van der Waals surface area contributed by atoms with Crippen LogP contribution < -0.4 is 16.0 Å². The van der Waals surface area contributed by atoms with Gasteiger partial charge in [-0.1, -0.05) is 12.1 Å². The van der Waals surface area contributed by atoms with E-state index in [0.717, 1.165) is 0 Å². The van der Waals surface area contributed by atoms with Crippen LogP contribution in [0.2, 0.25) is 0 Å². The van der Waals surface area contributed by atoms with E-state index in [9.17, 15) is 14.7 Å². The third kappa shape index (κ3) is 9.77. The number of nitrogens with one attached hydrogen (secondary N) is 3. The lowest BCUT2D eigenvalue weighted by atomic mass is 10.1. The van der Waals surface area contributed by atoms with Gasteiger partial charge in [0.15, 0.2) is 5.96 Å². The van der Waals surface area contributed by atoms with E-state index in [2.05, 4.69) is 20.9 Å². The van der Waals surface area contributed by atoms with E-state index in [1.54, 1.807) is 30.1 Å². The number of guanidine groups is 1. The molecular formula is C19H32IN5O3. The standard InChI is InChI=1S/C19H31N5O3.HI/c1-6-20-18(24(5)13-16(26)23-19(2,3)4)22-12-11-21-17(27)14-9-7-8-10-15(14)25;/h7-10,25H,6,11-13H2,1-5H3,(H,20,22)(H,21,27)(H,23,26);1H. The van der Waals surface area contributed by atoms with Crippen LogP contribution in [-0.2, 0) is 4.79 Å². The van der Waals surface area contributed by atoms with Crippen LogP contribution in [-0.4, -0.2) is 66.5 Å². The van der Waals surface area contributed by atoms with Crippen molar-refractivity contribution in [3.63, 3.8) is 0 Å². The highest BCUT2D eigenvalue weighted by atomic mass is 127. The van der Waals surface area contributed by atoms with Crippen LogP contribution >= 0.6 is 24.0 Å². The largest absolute Gasteiger partial charge is 0.507 e. The molecule has 0 spiro atoms. The van der Waals surface area contributed by atoms with E-state index in [0.29, 0.717) is 25.6 Å². The SMILES string of the molecule is CCNC(=NCCNC(=O)c1ccccc1O)N(C)CC(=O)NC(C)(C)C.I. The zero-order valence-corrected chi connectivity index (χ0v) is 19.5. The van der Waals surface area contributed by atoms with Crippen LogP contribution in [0.1, 0.15) is 38.1 Å². The van der Waals surface area contributed by atoms with Gasteiger partial charge < -0.3 is 26.0 Å². The highest BCUT2D eigenvalue weighted by molar-refractivity contribution is 14.0. The van der Waals surface area contributed by atoms with Gasteiger partial charge in [0, 0.05) is 25.7 Å². The Morgan fingerprint density at radius 2 is 1.82 bits per heavy atom. The van der Waals surface area contributed by atoms with E-state index >= 15 is 0 Å².